The number of primary amides is 1. The topological polar surface area (TPSA) is 73.8 Å². The quantitative estimate of drug-likeness (QED) is 0.844. The molecule has 2 rings (SSSR count). The largest absolute Gasteiger partial charge is 0.364 e. The second kappa shape index (κ2) is 4.01. The van der Waals surface area contributed by atoms with E-state index >= 15 is 0 Å². The van der Waals surface area contributed by atoms with Crippen molar-refractivity contribution in [1.82, 2.24) is 15.0 Å². The highest BCUT2D eigenvalue weighted by Gasteiger charge is 2.14. The summed E-state index contributed by atoms with van der Waals surface area (Å²) in [7, 11) is 0. The molecule has 17 heavy (non-hydrogen) atoms. The van der Waals surface area contributed by atoms with Crippen molar-refractivity contribution in [3.8, 4) is 5.69 Å². The maximum atomic E-state index is 11.1. The van der Waals surface area contributed by atoms with Gasteiger partial charge in [0.15, 0.2) is 5.69 Å². The van der Waals surface area contributed by atoms with Crippen molar-refractivity contribution < 1.29 is 4.79 Å². The number of amides is 1. The van der Waals surface area contributed by atoms with Gasteiger partial charge in [-0.1, -0.05) is 11.3 Å². The van der Waals surface area contributed by atoms with Gasteiger partial charge in [0.25, 0.3) is 5.91 Å². The molecule has 1 heterocycles. The van der Waals surface area contributed by atoms with Gasteiger partial charge in [0.05, 0.1) is 11.4 Å². The Kier molecular flexibility index (Phi) is 2.67. The third kappa shape index (κ3) is 1.91. The molecule has 0 unspecified atom stereocenters. The maximum Gasteiger partial charge on any atom is 0.271 e. The number of carbonyl (C=O) groups is 1. The van der Waals surface area contributed by atoms with E-state index < -0.39 is 5.91 Å². The zero-order valence-electron chi connectivity index (χ0n) is 10.1. The zero-order chi connectivity index (χ0) is 12.6. The summed E-state index contributed by atoms with van der Waals surface area (Å²) in [6, 6.07) is 5.95. The minimum absolute atomic E-state index is 0.211. The summed E-state index contributed by atoms with van der Waals surface area (Å²) in [4.78, 5) is 11.1. The smallest absolute Gasteiger partial charge is 0.271 e. The van der Waals surface area contributed by atoms with Gasteiger partial charge >= 0.3 is 0 Å². The summed E-state index contributed by atoms with van der Waals surface area (Å²) in [5.41, 5.74) is 9.32. The lowest BCUT2D eigenvalue weighted by Crippen LogP contribution is -2.13. The molecule has 2 N–H and O–H groups in total. The first kappa shape index (κ1) is 11.3. The summed E-state index contributed by atoms with van der Waals surface area (Å²) in [6.07, 6.45) is 0. The van der Waals surface area contributed by atoms with Crippen LogP contribution in [0.15, 0.2) is 18.2 Å². The van der Waals surface area contributed by atoms with E-state index in [1.54, 1.807) is 11.6 Å². The standard InChI is InChI=1S/C12H14N4O/c1-7-4-5-10(6-8(7)2)16-9(3)11(12(13)17)14-15-16/h4-6H,1-3H3,(H2,13,17). The van der Waals surface area contributed by atoms with Gasteiger partial charge in [-0.05, 0) is 44.0 Å². The number of aryl methyl sites for hydroxylation is 2. The summed E-state index contributed by atoms with van der Waals surface area (Å²) in [6.45, 7) is 5.84. The van der Waals surface area contributed by atoms with E-state index in [0.29, 0.717) is 5.69 Å². The predicted molar refractivity (Wildman–Crippen MR) is 64.1 cm³/mol. The highest BCUT2D eigenvalue weighted by atomic mass is 16.1. The van der Waals surface area contributed by atoms with Crippen LogP contribution in [0.3, 0.4) is 0 Å². The number of rotatable bonds is 2. The van der Waals surface area contributed by atoms with Crippen molar-refractivity contribution in [2.24, 2.45) is 5.73 Å². The monoisotopic (exact) mass is 230 g/mol. The molecule has 0 atom stereocenters. The van der Waals surface area contributed by atoms with Crippen LogP contribution >= 0.6 is 0 Å². The summed E-state index contributed by atoms with van der Waals surface area (Å²) in [5.74, 6) is -0.558. The van der Waals surface area contributed by atoms with Gasteiger partial charge in [-0.15, -0.1) is 5.10 Å². The molecular weight excluding hydrogens is 216 g/mol. The first-order valence-corrected chi connectivity index (χ1v) is 5.30. The highest BCUT2D eigenvalue weighted by molar-refractivity contribution is 5.91. The third-order valence-electron chi connectivity index (χ3n) is 2.86. The van der Waals surface area contributed by atoms with Crippen LogP contribution in [0, 0.1) is 20.8 Å². The molecule has 0 spiro atoms. The molecule has 5 heteroatoms. The van der Waals surface area contributed by atoms with Gasteiger partial charge in [-0.25, -0.2) is 4.68 Å². The van der Waals surface area contributed by atoms with Crippen molar-refractivity contribution in [2.75, 3.05) is 0 Å². The fraction of sp³-hybridized carbons (Fsp3) is 0.250. The van der Waals surface area contributed by atoms with E-state index in [2.05, 4.69) is 10.3 Å². The number of benzene rings is 1. The third-order valence-corrected chi connectivity index (χ3v) is 2.86. The molecule has 0 radical (unpaired) electrons. The van der Waals surface area contributed by atoms with Crippen LogP contribution in [0.4, 0.5) is 0 Å². The maximum absolute atomic E-state index is 11.1. The first-order valence-electron chi connectivity index (χ1n) is 5.30. The molecular formula is C12H14N4O. The Bertz CT molecular complexity index is 586. The Labute approximate surface area is 99.2 Å². The van der Waals surface area contributed by atoms with Crippen LogP contribution < -0.4 is 5.73 Å². The van der Waals surface area contributed by atoms with Crippen LogP contribution in [0.5, 0.6) is 0 Å². The number of hydrogen-bond acceptors (Lipinski definition) is 3. The molecule has 1 aromatic carbocycles. The van der Waals surface area contributed by atoms with Crippen LogP contribution in [-0.4, -0.2) is 20.9 Å². The second-order valence-corrected chi connectivity index (χ2v) is 4.07. The first-order chi connectivity index (χ1) is 8.00. The van der Waals surface area contributed by atoms with Crippen molar-refractivity contribution in [1.29, 1.82) is 0 Å². The number of nitrogens with zero attached hydrogens (tertiary/aromatic N) is 3. The normalized spacial score (nSPS) is 10.5. The summed E-state index contributed by atoms with van der Waals surface area (Å²) in [5, 5.41) is 7.73. The molecule has 0 bridgehead atoms. The van der Waals surface area contributed by atoms with Crippen molar-refractivity contribution >= 4 is 5.91 Å². The van der Waals surface area contributed by atoms with Gasteiger partial charge in [0.2, 0.25) is 0 Å². The Morgan fingerprint density at radius 2 is 1.94 bits per heavy atom. The van der Waals surface area contributed by atoms with E-state index in [9.17, 15) is 4.79 Å². The molecule has 1 aromatic heterocycles. The van der Waals surface area contributed by atoms with Gasteiger partial charge in [0.1, 0.15) is 0 Å². The van der Waals surface area contributed by atoms with E-state index in [4.69, 9.17) is 5.73 Å². The molecule has 0 fully saturated rings. The predicted octanol–water partition coefficient (Wildman–Crippen LogP) is 1.29. The van der Waals surface area contributed by atoms with Crippen LogP contribution in [-0.2, 0) is 0 Å². The van der Waals surface area contributed by atoms with Gasteiger partial charge in [0, 0.05) is 0 Å². The zero-order valence-corrected chi connectivity index (χ0v) is 10.1. The molecule has 1 amide bonds. The van der Waals surface area contributed by atoms with Crippen molar-refractivity contribution in [3.05, 3.63) is 40.7 Å². The van der Waals surface area contributed by atoms with Crippen LogP contribution in [0.25, 0.3) is 5.69 Å². The Balaban J connectivity index is 2.53. The van der Waals surface area contributed by atoms with Crippen LogP contribution in [0.1, 0.15) is 27.3 Å². The SMILES string of the molecule is Cc1ccc(-n2nnc(C(N)=O)c2C)cc1C. The average Bonchev–Trinajstić information content (AvgIpc) is 2.64. The fourth-order valence-corrected chi connectivity index (χ4v) is 1.66. The molecule has 0 saturated heterocycles. The van der Waals surface area contributed by atoms with Crippen molar-refractivity contribution in [2.45, 2.75) is 20.8 Å². The number of hydrogen-bond donors (Lipinski definition) is 1. The van der Waals surface area contributed by atoms with Gasteiger partial charge < -0.3 is 5.73 Å². The highest BCUT2D eigenvalue weighted by Crippen LogP contribution is 2.15. The summed E-state index contributed by atoms with van der Waals surface area (Å²) >= 11 is 0. The Morgan fingerprint density at radius 1 is 1.24 bits per heavy atom. The summed E-state index contributed by atoms with van der Waals surface area (Å²) < 4.78 is 1.62. The average molecular weight is 230 g/mol. The van der Waals surface area contributed by atoms with E-state index in [1.165, 1.54) is 5.56 Å². The second-order valence-electron chi connectivity index (χ2n) is 4.07. The number of aromatic nitrogens is 3. The Morgan fingerprint density at radius 3 is 2.47 bits per heavy atom. The lowest BCUT2D eigenvalue weighted by molar-refractivity contribution is 0.0995. The Hall–Kier alpha value is -2.17. The lowest BCUT2D eigenvalue weighted by Gasteiger charge is -2.06. The molecule has 2 aromatic rings. The van der Waals surface area contributed by atoms with Gasteiger partial charge in [-0.3, -0.25) is 4.79 Å². The van der Waals surface area contributed by atoms with Crippen LogP contribution in [0.2, 0.25) is 0 Å². The number of carbonyl (C=O) groups excluding carboxylic acids is 1. The minimum atomic E-state index is -0.558. The van der Waals surface area contributed by atoms with E-state index in [-0.39, 0.29) is 5.69 Å². The minimum Gasteiger partial charge on any atom is -0.364 e. The molecule has 0 aliphatic carbocycles. The molecule has 0 saturated carbocycles. The lowest BCUT2D eigenvalue weighted by atomic mass is 10.1. The number of nitrogens with two attached hydrogens (primary N) is 1. The van der Waals surface area contributed by atoms with Crippen molar-refractivity contribution in [3.63, 3.8) is 0 Å². The molecule has 88 valence electrons. The van der Waals surface area contributed by atoms with E-state index in [0.717, 1.165) is 11.3 Å². The van der Waals surface area contributed by atoms with E-state index in [1.807, 2.05) is 32.0 Å². The van der Waals surface area contributed by atoms with Gasteiger partial charge in [-0.2, -0.15) is 0 Å². The molecule has 0 aliphatic heterocycles. The molecule has 5 nitrogen and oxygen atoms in total. The fourth-order valence-electron chi connectivity index (χ4n) is 1.66. The molecule has 0 aliphatic rings.